The van der Waals surface area contributed by atoms with Crippen LogP contribution >= 0.6 is 11.3 Å². The van der Waals surface area contributed by atoms with Crippen molar-refractivity contribution in [3.63, 3.8) is 0 Å². The minimum atomic E-state index is -3.77. The Morgan fingerprint density at radius 1 is 0.926 bits per heavy atom. The second kappa shape index (κ2) is 7.38. The lowest BCUT2D eigenvalue weighted by atomic mass is 10.1. The van der Waals surface area contributed by atoms with Crippen molar-refractivity contribution in [1.29, 1.82) is 0 Å². The summed E-state index contributed by atoms with van der Waals surface area (Å²) in [6.45, 7) is 0. The SMILES string of the molecule is O=S(=O)(Nc1oc(Cc2ccccc2)nc1-c1cccs1)c1ccccc1. The number of sulfonamides is 1. The molecule has 0 spiro atoms. The Balaban J connectivity index is 1.70. The lowest BCUT2D eigenvalue weighted by Gasteiger charge is -2.06. The van der Waals surface area contributed by atoms with Crippen LogP contribution in [0.4, 0.5) is 5.88 Å². The molecule has 0 aliphatic rings. The van der Waals surface area contributed by atoms with E-state index in [1.54, 1.807) is 18.2 Å². The molecule has 5 nitrogen and oxygen atoms in total. The second-order valence-electron chi connectivity index (χ2n) is 5.84. The summed E-state index contributed by atoms with van der Waals surface area (Å²) in [6.07, 6.45) is 0.478. The van der Waals surface area contributed by atoms with E-state index < -0.39 is 10.0 Å². The molecule has 1 N–H and O–H groups in total. The number of oxazole rings is 1. The van der Waals surface area contributed by atoms with Crippen LogP contribution in [0.5, 0.6) is 0 Å². The highest BCUT2D eigenvalue weighted by Gasteiger charge is 2.22. The van der Waals surface area contributed by atoms with Crippen molar-refractivity contribution >= 4 is 27.2 Å². The van der Waals surface area contributed by atoms with Crippen LogP contribution < -0.4 is 4.72 Å². The fourth-order valence-electron chi connectivity index (χ4n) is 2.64. The van der Waals surface area contributed by atoms with Gasteiger partial charge in [-0.25, -0.2) is 18.1 Å². The topological polar surface area (TPSA) is 72.2 Å². The van der Waals surface area contributed by atoms with E-state index in [1.165, 1.54) is 23.5 Å². The third-order valence-corrected chi connectivity index (χ3v) is 6.13. The molecule has 4 rings (SSSR count). The molecule has 0 atom stereocenters. The fourth-order valence-corrected chi connectivity index (χ4v) is 4.37. The van der Waals surface area contributed by atoms with E-state index in [2.05, 4.69) is 9.71 Å². The lowest BCUT2D eigenvalue weighted by Crippen LogP contribution is -2.12. The Kier molecular flexibility index (Phi) is 4.79. The van der Waals surface area contributed by atoms with E-state index in [0.29, 0.717) is 18.0 Å². The van der Waals surface area contributed by atoms with Gasteiger partial charge in [-0.1, -0.05) is 54.6 Å². The zero-order valence-corrected chi connectivity index (χ0v) is 15.8. The molecule has 0 aliphatic heterocycles. The van der Waals surface area contributed by atoms with Gasteiger partial charge in [0.05, 0.1) is 9.77 Å². The van der Waals surface area contributed by atoms with Gasteiger partial charge in [0.2, 0.25) is 11.8 Å². The largest absolute Gasteiger partial charge is 0.423 e. The van der Waals surface area contributed by atoms with Gasteiger partial charge in [0.15, 0.2) is 0 Å². The highest BCUT2D eigenvalue weighted by atomic mass is 32.2. The van der Waals surface area contributed by atoms with Crippen molar-refractivity contribution in [3.8, 4) is 10.6 Å². The maximum atomic E-state index is 12.7. The van der Waals surface area contributed by atoms with Crippen LogP contribution in [-0.4, -0.2) is 13.4 Å². The number of nitrogens with zero attached hydrogens (tertiary/aromatic N) is 1. The Bertz CT molecular complexity index is 1120. The molecule has 0 aliphatic carbocycles. The first-order valence-corrected chi connectivity index (χ1v) is 10.6. The highest BCUT2D eigenvalue weighted by molar-refractivity contribution is 7.92. The zero-order valence-electron chi connectivity index (χ0n) is 14.2. The minimum Gasteiger partial charge on any atom is -0.423 e. The smallest absolute Gasteiger partial charge is 0.264 e. The van der Waals surface area contributed by atoms with Crippen LogP contribution in [-0.2, 0) is 16.4 Å². The summed E-state index contributed by atoms with van der Waals surface area (Å²) < 4.78 is 33.7. The lowest BCUT2D eigenvalue weighted by molar-refractivity contribution is 0.521. The molecule has 2 heterocycles. The molecule has 0 unspecified atom stereocenters. The molecule has 2 aromatic heterocycles. The quantitative estimate of drug-likeness (QED) is 0.508. The molecular weight excluding hydrogens is 380 g/mol. The third-order valence-electron chi connectivity index (χ3n) is 3.90. The summed E-state index contributed by atoms with van der Waals surface area (Å²) >= 11 is 1.47. The van der Waals surface area contributed by atoms with Crippen LogP contribution in [0.3, 0.4) is 0 Å². The molecule has 4 aromatic rings. The Morgan fingerprint density at radius 3 is 2.30 bits per heavy atom. The molecular formula is C20H16N2O3S2. The summed E-state index contributed by atoms with van der Waals surface area (Å²) in [5, 5.41) is 1.91. The van der Waals surface area contributed by atoms with Gasteiger partial charge in [0.25, 0.3) is 10.0 Å². The number of benzene rings is 2. The first kappa shape index (κ1) is 17.5. The summed E-state index contributed by atoms with van der Waals surface area (Å²) in [6, 6.07) is 21.7. The zero-order chi connectivity index (χ0) is 18.7. The van der Waals surface area contributed by atoms with Crippen LogP contribution in [0.25, 0.3) is 10.6 Å². The average Bonchev–Trinajstić information content (AvgIpc) is 3.33. The molecule has 136 valence electrons. The molecule has 0 radical (unpaired) electrons. The van der Waals surface area contributed by atoms with E-state index in [9.17, 15) is 8.42 Å². The normalized spacial score (nSPS) is 11.4. The number of aromatic nitrogens is 1. The van der Waals surface area contributed by atoms with Crippen molar-refractivity contribution in [1.82, 2.24) is 4.98 Å². The monoisotopic (exact) mass is 396 g/mol. The van der Waals surface area contributed by atoms with E-state index in [1.807, 2.05) is 47.8 Å². The van der Waals surface area contributed by atoms with Gasteiger partial charge in [-0.05, 0) is 29.1 Å². The maximum absolute atomic E-state index is 12.7. The molecule has 0 bridgehead atoms. The van der Waals surface area contributed by atoms with Crippen molar-refractivity contribution in [2.75, 3.05) is 4.72 Å². The van der Waals surface area contributed by atoms with Gasteiger partial charge in [-0.15, -0.1) is 11.3 Å². The standard InChI is InChI=1S/C20H16N2O3S2/c23-27(24,16-10-5-2-6-11-16)22-20-19(17-12-7-13-26-17)21-18(25-20)14-15-8-3-1-4-9-15/h1-13,22H,14H2. The molecule has 0 saturated heterocycles. The van der Waals surface area contributed by atoms with Crippen molar-refractivity contribution in [2.45, 2.75) is 11.3 Å². The van der Waals surface area contributed by atoms with E-state index in [0.717, 1.165) is 10.4 Å². The van der Waals surface area contributed by atoms with Gasteiger partial charge in [0.1, 0.15) is 5.69 Å². The van der Waals surface area contributed by atoms with Crippen LogP contribution in [0.2, 0.25) is 0 Å². The van der Waals surface area contributed by atoms with Crippen molar-refractivity contribution < 1.29 is 12.8 Å². The Hall–Kier alpha value is -2.90. The molecule has 7 heteroatoms. The highest BCUT2D eigenvalue weighted by Crippen LogP contribution is 2.33. The Labute approximate surface area is 161 Å². The number of rotatable bonds is 6. The number of hydrogen-bond donors (Lipinski definition) is 1. The molecule has 0 fully saturated rings. The summed E-state index contributed by atoms with van der Waals surface area (Å²) in [7, 11) is -3.77. The van der Waals surface area contributed by atoms with E-state index in [4.69, 9.17) is 4.42 Å². The van der Waals surface area contributed by atoms with Crippen LogP contribution in [0.15, 0.2) is 87.5 Å². The predicted octanol–water partition coefficient (Wildman–Crippen LogP) is 4.79. The Morgan fingerprint density at radius 2 is 1.63 bits per heavy atom. The van der Waals surface area contributed by atoms with Gasteiger partial charge < -0.3 is 4.42 Å². The number of hydrogen-bond acceptors (Lipinski definition) is 5. The molecule has 0 saturated carbocycles. The maximum Gasteiger partial charge on any atom is 0.264 e. The summed E-state index contributed by atoms with van der Waals surface area (Å²) in [5.41, 5.74) is 1.53. The first-order valence-electron chi connectivity index (χ1n) is 8.27. The van der Waals surface area contributed by atoms with Crippen molar-refractivity contribution in [2.24, 2.45) is 0 Å². The average molecular weight is 396 g/mol. The van der Waals surface area contributed by atoms with Gasteiger partial charge in [0, 0.05) is 6.42 Å². The van der Waals surface area contributed by atoms with E-state index >= 15 is 0 Å². The predicted molar refractivity (Wildman–Crippen MR) is 106 cm³/mol. The number of anilines is 1. The van der Waals surface area contributed by atoms with Gasteiger partial charge in [-0.2, -0.15) is 0 Å². The van der Waals surface area contributed by atoms with Gasteiger partial charge in [-0.3, -0.25) is 0 Å². The van der Waals surface area contributed by atoms with E-state index in [-0.39, 0.29) is 10.8 Å². The van der Waals surface area contributed by atoms with Gasteiger partial charge >= 0.3 is 0 Å². The minimum absolute atomic E-state index is 0.132. The first-order chi connectivity index (χ1) is 13.1. The summed E-state index contributed by atoms with van der Waals surface area (Å²) in [4.78, 5) is 5.55. The molecule has 27 heavy (non-hydrogen) atoms. The molecule has 2 aromatic carbocycles. The third kappa shape index (κ3) is 3.94. The molecule has 0 amide bonds. The van der Waals surface area contributed by atoms with Crippen LogP contribution in [0, 0.1) is 0 Å². The van der Waals surface area contributed by atoms with Crippen LogP contribution in [0.1, 0.15) is 11.5 Å². The fraction of sp³-hybridized carbons (Fsp3) is 0.0500. The summed E-state index contributed by atoms with van der Waals surface area (Å²) in [5.74, 6) is 0.586. The second-order valence-corrected chi connectivity index (χ2v) is 8.47. The van der Waals surface area contributed by atoms with Crippen molar-refractivity contribution in [3.05, 3.63) is 89.6 Å². The number of thiophene rings is 1. The number of nitrogens with one attached hydrogen (secondary N) is 1.